The van der Waals surface area contributed by atoms with Gasteiger partial charge >= 0.3 is 49.1 Å². The molecule has 1 aromatic carbocycles. The van der Waals surface area contributed by atoms with Crippen LogP contribution in [0.15, 0.2) is 59.7 Å². The summed E-state index contributed by atoms with van der Waals surface area (Å²) in [4.78, 5) is 8.67. The normalized spacial score (nSPS) is 11.9. The van der Waals surface area contributed by atoms with Gasteiger partial charge in [0, 0.05) is 12.4 Å². The Labute approximate surface area is 143 Å². The third-order valence-electron chi connectivity index (χ3n) is 2.40. The van der Waals surface area contributed by atoms with Gasteiger partial charge in [0.1, 0.15) is 0 Å². The van der Waals surface area contributed by atoms with Gasteiger partial charge in [0.2, 0.25) is 0 Å². The molecule has 2 rings (SSSR count). The summed E-state index contributed by atoms with van der Waals surface area (Å²) in [6.07, 6.45) is 3.59. The van der Waals surface area contributed by atoms with Crippen molar-refractivity contribution >= 4 is 46.9 Å². The van der Waals surface area contributed by atoms with E-state index in [1.807, 2.05) is 42.6 Å². The number of rotatable bonds is 3. The van der Waals surface area contributed by atoms with Crippen molar-refractivity contribution in [2.45, 2.75) is 13.0 Å². The number of hydrogen-bond acceptors (Lipinski definition) is 2. The summed E-state index contributed by atoms with van der Waals surface area (Å²) in [6.45, 7) is 2.08. The first-order chi connectivity index (χ1) is 9.27. The molecule has 0 aliphatic heterocycles. The standard InChI is InChI=1S/C14H14N2.Fe.2HI/c1-12(13-7-3-2-4-8-13)16-11-14-9-5-6-10-15-14;;;/h2-12H,1H3;;2*1H/q;+2;;/p-2. The van der Waals surface area contributed by atoms with E-state index in [0.29, 0.717) is 0 Å². The van der Waals surface area contributed by atoms with Gasteiger partial charge in [0.15, 0.2) is 0 Å². The average Bonchev–Trinajstić information content (AvgIpc) is 2.47. The van der Waals surface area contributed by atoms with Crippen LogP contribution in [0.3, 0.4) is 0 Å². The van der Waals surface area contributed by atoms with Crippen LogP contribution in [-0.2, 0) is 8.46 Å². The van der Waals surface area contributed by atoms with Crippen LogP contribution < -0.4 is 0 Å². The van der Waals surface area contributed by atoms with Gasteiger partial charge in [-0.15, -0.1) is 0 Å². The van der Waals surface area contributed by atoms with Crippen LogP contribution in [0.1, 0.15) is 24.2 Å². The molecule has 102 valence electrons. The van der Waals surface area contributed by atoms with E-state index in [9.17, 15) is 0 Å². The van der Waals surface area contributed by atoms with E-state index < -0.39 is 0 Å². The summed E-state index contributed by atoms with van der Waals surface area (Å²) in [5.41, 5.74) is 2.11. The van der Waals surface area contributed by atoms with Crippen molar-refractivity contribution in [3.05, 3.63) is 66.0 Å². The van der Waals surface area contributed by atoms with Gasteiger partial charge in [-0.1, -0.05) is 36.4 Å². The van der Waals surface area contributed by atoms with E-state index in [1.165, 1.54) is 14.0 Å². The number of aromatic nitrogens is 1. The fourth-order valence-corrected chi connectivity index (χ4v) is 1.46. The fraction of sp³-hybridized carbons (Fsp3) is 0.143. The Morgan fingerprint density at radius 1 is 1.11 bits per heavy atom. The second kappa shape index (κ2) is 10.8. The molecule has 1 aromatic heterocycles. The SMILES string of the molecule is CC(N=Cc1ccccn1)c1ccccc1.[I][Fe][I]. The zero-order valence-corrected chi connectivity index (χ0v) is 15.8. The zero-order valence-electron chi connectivity index (χ0n) is 10.4. The molecular weight excluding hydrogens is 506 g/mol. The molecule has 0 saturated heterocycles. The van der Waals surface area contributed by atoms with E-state index in [2.05, 4.69) is 69.7 Å². The van der Waals surface area contributed by atoms with E-state index >= 15 is 0 Å². The van der Waals surface area contributed by atoms with E-state index in [-0.39, 0.29) is 6.04 Å². The first-order valence-electron chi connectivity index (χ1n) is 5.62. The molecule has 1 heterocycles. The number of halogens is 2. The first-order valence-corrected chi connectivity index (χ1v) is 12.7. The van der Waals surface area contributed by atoms with Crippen LogP contribution in [0.4, 0.5) is 0 Å². The predicted octanol–water partition coefficient (Wildman–Crippen LogP) is 5.03. The van der Waals surface area contributed by atoms with Gasteiger partial charge in [-0.05, 0) is 24.6 Å². The molecule has 2 aromatic rings. The summed E-state index contributed by atoms with van der Waals surface area (Å²) in [6, 6.07) is 16.2. The molecular formula is C14H14FeI2N2. The molecule has 0 aliphatic rings. The van der Waals surface area contributed by atoms with Crippen molar-refractivity contribution < 1.29 is 8.46 Å². The Morgan fingerprint density at radius 3 is 2.32 bits per heavy atom. The molecule has 0 aliphatic carbocycles. The maximum absolute atomic E-state index is 4.48. The molecule has 0 saturated carbocycles. The van der Waals surface area contributed by atoms with Crippen molar-refractivity contribution in [3.63, 3.8) is 0 Å². The monoisotopic (exact) mass is 520 g/mol. The quantitative estimate of drug-likeness (QED) is 0.317. The fourth-order valence-electron chi connectivity index (χ4n) is 1.46. The molecule has 2 nitrogen and oxygen atoms in total. The van der Waals surface area contributed by atoms with Gasteiger partial charge in [0.05, 0.1) is 11.7 Å². The third-order valence-corrected chi connectivity index (χ3v) is 2.40. The number of aliphatic imine (C=N–C) groups is 1. The van der Waals surface area contributed by atoms with E-state index in [1.54, 1.807) is 6.20 Å². The Bertz CT molecular complexity index is 477. The molecule has 0 N–H and O–H groups in total. The number of hydrogen-bond donors (Lipinski definition) is 0. The minimum absolute atomic E-state index is 0.170. The van der Waals surface area contributed by atoms with E-state index in [4.69, 9.17) is 0 Å². The summed E-state index contributed by atoms with van der Waals surface area (Å²) in [5.74, 6) is 0. The number of pyridine rings is 1. The summed E-state index contributed by atoms with van der Waals surface area (Å²) < 4.78 is 0. The van der Waals surface area contributed by atoms with Crippen molar-refractivity contribution in [1.82, 2.24) is 4.98 Å². The van der Waals surface area contributed by atoms with Crippen LogP contribution in [0.5, 0.6) is 0 Å². The molecule has 1 unspecified atom stereocenters. The molecule has 0 amide bonds. The molecule has 0 bridgehead atoms. The zero-order chi connectivity index (χ0) is 13.9. The molecule has 1 atom stereocenters. The molecule has 0 spiro atoms. The van der Waals surface area contributed by atoms with Crippen LogP contribution in [0.25, 0.3) is 0 Å². The van der Waals surface area contributed by atoms with Gasteiger partial charge in [-0.3, -0.25) is 9.98 Å². The van der Waals surface area contributed by atoms with Crippen LogP contribution in [0.2, 0.25) is 0 Å². The topological polar surface area (TPSA) is 25.2 Å². The first kappa shape index (κ1) is 17.1. The third kappa shape index (κ3) is 7.39. The Kier molecular flexibility index (Phi) is 9.67. The molecule has 0 radical (unpaired) electrons. The van der Waals surface area contributed by atoms with Gasteiger partial charge < -0.3 is 0 Å². The Hall–Kier alpha value is 0.0195. The summed E-state index contributed by atoms with van der Waals surface area (Å²) >= 11 is 4.55. The molecule has 19 heavy (non-hydrogen) atoms. The minimum atomic E-state index is 0.170. The average molecular weight is 520 g/mol. The Morgan fingerprint density at radius 2 is 1.74 bits per heavy atom. The van der Waals surface area contributed by atoms with Crippen molar-refractivity contribution in [3.8, 4) is 0 Å². The second-order valence-corrected chi connectivity index (χ2v) is 13.0. The molecule has 0 fully saturated rings. The second-order valence-electron chi connectivity index (χ2n) is 3.67. The van der Waals surface area contributed by atoms with Crippen molar-refractivity contribution in [2.75, 3.05) is 0 Å². The van der Waals surface area contributed by atoms with Gasteiger partial charge in [0.25, 0.3) is 0 Å². The van der Waals surface area contributed by atoms with Gasteiger partial charge in [-0.25, -0.2) is 0 Å². The summed E-state index contributed by atoms with van der Waals surface area (Å²) in [5, 5.41) is 0. The van der Waals surface area contributed by atoms with Crippen molar-refractivity contribution in [1.29, 1.82) is 0 Å². The maximum atomic E-state index is 4.48. The Balaban J connectivity index is 0.000000550. The number of nitrogens with zero attached hydrogens (tertiary/aromatic N) is 2. The summed E-state index contributed by atoms with van der Waals surface area (Å²) in [7, 11) is 1.19. The van der Waals surface area contributed by atoms with Crippen LogP contribution in [0, 0.1) is 0 Å². The molecule has 5 heteroatoms. The van der Waals surface area contributed by atoms with Crippen molar-refractivity contribution in [2.24, 2.45) is 4.99 Å². The van der Waals surface area contributed by atoms with Crippen LogP contribution >= 0.6 is 40.7 Å². The number of benzene rings is 1. The van der Waals surface area contributed by atoms with E-state index in [0.717, 1.165) is 5.69 Å². The van der Waals surface area contributed by atoms with Gasteiger partial charge in [-0.2, -0.15) is 0 Å². The van der Waals surface area contributed by atoms with Crippen LogP contribution in [-0.4, -0.2) is 11.2 Å². The predicted molar refractivity (Wildman–Crippen MR) is 94.7 cm³/mol.